The van der Waals surface area contributed by atoms with Gasteiger partial charge in [-0.3, -0.25) is 4.98 Å². The first-order valence-electron chi connectivity index (χ1n) is 10.0. The summed E-state index contributed by atoms with van der Waals surface area (Å²) in [5, 5.41) is 0. The van der Waals surface area contributed by atoms with Gasteiger partial charge in [0, 0.05) is 48.7 Å². The fourth-order valence-electron chi connectivity index (χ4n) is 3.71. The molecular weight excluding hydrogens is 373 g/mol. The Labute approximate surface area is 170 Å². The first kappa shape index (κ1) is 19.6. The summed E-state index contributed by atoms with van der Waals surface area (Å²) in [5.41, 5.74) is 1.93. The van der Waals surface area contributed by atoms with Crippen molar-refractivity contribution >= 4 is 6.03 Å². The third-order valence-corrected chi connectivity index (χ3v) is 5.30. The van der Waals surface area contributed by atoms with Crippen LogP contribution in [0.25, 0.3) is 11.1 Å². The molecule has 3 heterocycles. The molecule has 0 aliphatic carbocycles. The highest BCUT2D eigenvalue weighted by Crippen LogP contribution is 2.27. The highest BCUT2D eigenvalue weighted by molar-refractivity contribution is 5.74. The molecule has 1 radical (unpaired) electrons. The third kappa shape index (κ3) is 4.67. The lowest BCUT2D eigenvalue weighted by molar-refractivity contribution is 0.0330. The molecule has 2 aliphatic heterocycles. The number of halogens is 1. The molecular formula is C22H25FN3O3. The summed E-state index contributed by atoms with van der Waals surface area (Å²) in [4.78, 5) is 20.6. The molecule has 0 N–H and O–H groups in total. The Morgan fingerprint density at radius 2 is 2.10 bits per heavy atom. The number of hydrogen-bond donors (Lipinski definition) is 0. The molecule has 0 bridgehead atoms. The quantitative estimate of drug-likeness (QED) is 0.796. The Kier molecular flexibility index (Phi) is 5.94. The van der Waals surface area contributed by atoms with E-state index in [4.69, 9.17) is 9.47 Å². The van der Waals surface area contributed by atoms with Crippen LogP contribution in [-0.4, -0.2) is 66.3 Å². The average molecular weight is 398 g/mol. The van der Waals surface area contributed by atoms with Gasteiger partial charge >= 0.3 is 6.03 Å². The van der Waals surface area contributed by atoms with Crippen LogP contribution in [0.3, 0.4) is 0 Å². The van der Waals surface area contributed by atoms with Crippen LogP contribution in [0.5, 0.6) is 5.75 Å². The Balaban J connectivity index is 1.40. The van der Waals surface area contributed by atoms with Crippen LogP contribution >= 0.6 is 0 Å². The number of aryl methyl sites for hydroxylation is 1. The van der Waals surface area contributed by atoms with Gasteiger partial charge in [0.1, 0.15) is 17.7 Å². The highest BCUT2D eigenvalue weighted by Gasteiger charge is 2.29. The number of rotatable bonds is 3. The number of pyridine rings is 1. The number of benzene rings is 1. The number of amides is 2. The molecule has 29 heavy (non-hydrogen) atoms. The Bertz CT molecular complexity index is 853. The van der Waals surface area contributed by atoms with Crippen molar-refractivity contribution in [1.29, 1.82) is 0 Å². The second kappa shape index (κ2) is 8.78. The summed E-state index contributed by atoms with van der Waals surface area (Å²) < 4.78 is 25.9. The minimum atomic E-state index is -0.398. The number of hydrogen-bond acceptors (Lipinski definition) is 4. The molecule has 153 valence electrons. The van der Waals surface area contributed by atoms with Crippen molar-refractivity contribution in [2.75, 3.05) is 39.4 Å². The summed E-state index contributed by atoms with van der Waals surface area (Å²) in [5.74, 6) is 0.0298. The van der Waals surface area contributed by atoms with Gasteiger partial charge in [0.15, 0.2) is 0 Å². The van der Waals surface area contributed by atoms with E-state index in [0.717, 1.165) is 25.1 Å². The van der Waals surface area contributed by atoms with Crippen molar-refractivity contribution in [3.63, 3.8) is 0 Å². The van der Waals surface area contributed by atoms with E-state index in [9.17, 15) is 9.18 Å². The average Bonchev–Trinajstić information content (AvgIpc) is 2.75. The fourth-order valence-corrected chi connectivity index (χ4v) is 3.71. The van der Waals surface area contributed by atoms with E-state index in [2.05, 4.69) is 11.1 Å². The van der Waals surface area contributed by atoms with Crippen molar-refractivity contribution in [3.05, 3.63) is 48.0 Å². The van der Waals surface area contributed by atoms with Crippen LogP contribution in [-0.2, 0) is 4.74 Å². The minimum Gasteiger partial charge on any atom is -0.488 e. The molecule has 0 spiro atoms. The van der Waals surface area contributed by atoms with Gasteiger partial charge in [-0.25, -0.2) is 9.18 Å². The predicted molar refractivity (Wildman–Crippen MR) is 106 cm³/mol. The van der Waals surface area contributed by atoms with Crippen LogP contribution in [0.1, 0.15) is 18.5 Å². The number of urea groups is 1. The third-order valence-electron chi connectivity index (χ3n) is 5.30. The van der Waals surface area contributed by atoms with E-state index >= 15 is 0 Å². The lowest BCUT2D eigenvalue weighted by Crippen LogP contribution is -2.52. The van der Waals surface area contributed by atoms with Crippen molar-refractivity contribution in [2.24, 2.45) is 0 Å². The second-order valence-electron chi connectivity index (χ2n) is 7.46. The lowest BCUT2D eigenvalue weighted by Gasteiger charge is -2.37. The molecule has 0 saturated carbocycles. The van der Waals surface area contributed by atoms with Crippen LogP contribution in [0.4, 0.5) is 9.18 Å². The maximum Gasteiger partial charge on any atom is 0.320 e. The number of piperidine rings is 1. The standard InChI is InChI=1S/C22H25FN3O3/c1-16-4-5-17(14-24-16)20-7-6-18(13-21(20)23)29-19-3-2-8-26(15-19)22(27)25-9-11-28-12-10-25/h4-6,13-14,19H,2-3,8-12,15H2,1H3. The Morgan fingerprint density at radius 1 is 1.28 bits per heavy atom. The van der Waals surface area contributed by atoms with Crippen LogP contribution < -0.4 is 4.74 Å². The number of ether oxygens (including phenoxy) is 2. The van der Waals surface area contributed by atoms with Gasteiger partial charge in [0.2, 0.25) is 0 Å². The van der Waals surface area contributed by atoms with E-state index in [1.54, 1.807) is 12.3 Å². The van der Waals surface area contributed by atoms with Gasteiger partial charge in [-0.1, -0.05) is 6.07 Å². The minimum absolute atomic E-state index is 0.0292. The molecule has 7 heteroatoms. The zero-order chi connectivity index (χ0) is 20.2. The normalized spacial score (nSPS) is 19.9. The monoisotopic (exact) mass is 398 g/mol. The Hall–Kier alpha value is -2.67. The summed E-state index contributed by atoms with van der Waals surface area (Å²) in [6, 6.07) is 9.71. The van der Waals surface area contributed by atoms with Crippen LogP contribution in [0, 0.1) is 18.8 Å². The molecule has 6 nitrogen and oxygen atoms in total. The highest BCUT2D eigenvalue weighted by atomic mass is 19.1. The smallest absolute Gasteiger partial charge is 0.320 e. The van der Waals surface area contributed by atoms with Crippen molar-refractivity contribution in [1.82, 2.24) is 14.8 Å². The van der Waals surface area contributed by atoms with E-state index in [0.29, 0.717) is 49.7 Å². The van der Waals surface area contributed by atoms with E-state index < -0.39 is 5.82 Å². The molecule has 1 aromatic carbocycles. The number of aromatic nitrogens is 1. The number of morpholine rings is 1. The van der Waals surface area contributed by atoms with Gasteiger partial charge in [-0.15, -0.1) is 0 Å². The lowest BCUT2D eigenvalue weighted by atomic mass is 10.1. The maximum atomic E-state index is 14.6. The fraction of sp³-hybridized carbons (Fsp3) is 0.455. The molecule has 4 rings (SSSR count). The summed E-state index contributed by atoms with van der Waals surface area (Å²) in [7, 11) is 0. The summed E-state index contributed by atoms with van der Waals surface area (Å²) in [6.07, 6.45) is 3.17. The molecule has 1 unspecified atom stereocenters. The second-order valence-corrected chi connectivity index (χ2v) is 7.46. The number of likely N-dealkylation sites (tertiary alicyclic amines) is 1. The first-order chi connectivity index (χ1) is 14.1. The van der Waals surface area contributed by atoms with Gasteiger partial charge in [-0.05, 0) is 38.0 Å². The van der Waals surface area contributed by atoms with Gasteiger partial charge < -0.3 is 19.3 Å². The molecule has 1 atom stereocenters. The van der Waals surface area contributed by atoms with Gasteiger partial charge in [0.25, 0.3) is 0 Å². The first-order valence-corrected chi connectivity index (χ1v) is 10.0. The molecule has 1 aromatic heterocycles. The number of carbonyl (C=O) groups is 1. The SMILES string of the molecule is Cc1ccc(-c2[c]cc(OC3CCCN(C(=O)N4CCOCC4)C3)cc2F)cn1. The maximum absolute atomic E-state index is 14.6. The summed E-state index contributed by atoms with van der Waals surface area (Å²) >= 11 is 0. The zero-order valence-electron chi connectivity index (χ0n) is 16.6. The Morgan fingerprint density at radius 3 is 2.83 bits per heavy atom. The molecule has 2 aromatic rings. The molecule has 2 aliphatic rings. The molecule has 2 fully saturated rings. The van der Waals surface area contributed by atoms with Crippen molar-refractivity contribution in [2.45, 2.75) is 25.9 Å². The van der Waals surface area contributed by atoms with E-state index in [1.807, 2.05) is 28.9 Å². The predicted octanol–water partition coefficient (Wildman–Crippen LogP) is 3.29. The van der Waals surface area contributed by atoms with Crippen LogP contribution in [0.2, 0.25) is 0 Å². The van der Waals surface area contributed by atoms with Crippen molar-refractivity contribution < 1.29 is 18.7 Å². The molecule has 2 amide bonds. The largest absolute Gasteiger partial charge is 0.488 e. The number of nitrogens with zero attached hydrogens (tertiary/aromatic N) is 3. The van der Waals surface area contributed by atoms with Gasteiger partial charge in [-0.2, -0.15) is 0 Å². The molecule has 2 saturated heterocycles. The van der Waals surface area contributed by atoms with E-state index in [-0.39, 0.29) is 12.1 Å². The van der Waals surface area contributed by atoms with Crippen molar-refractivity contribution in [3.8, 4) is 16.9 Å². The topological polar surface area (TPSA) is 54.9 Å². The van der Waals surface area contributed by atoms with E-state index in [1.165, 1.54) is 6.07 Å². The number of carbonyl (C=O) groups excluding carboxylic acids is 1. The van der Waals surface area contributed by atoms with Gasteiger partial charge in [0.05, 0.1) is 19.8 Å². The zero-order valence-corrected chi connectivity index (χ0v) is 16.6. The summed E-state index contributed by atoms with van der Waals surface area (Å²) in [6.45, 7) is 5.51. The van der Waals surface area contributed by atoms with Crippen LogP contribution in [0.15, 0.2) is 30.5 Å².